The number of nitrogens with zero attached hydrogens (tertiary/aromatic N) is 1. The Labute approximate surface area is 90.0 Å². The van der Waals surface area contributed by atoms with E-state index in [0.29, 0.717) is 0 Å². The number of rotatable bonds is 3. The summed E-state index contributed by atoms with van der Waals surface area (Å²) in [7, 11) is 1.31. The molecule has 0 aliphatic heterocycles. The van der Waals surface area contributed by atoms with E-state index in [0.717, 1.165) is 6.20 Å². The van der Waals surface area contributed by atoms with Crippen LogP contribution in [0.2, 0.25) is 0 Å². The van der Waals surface area contributed by atoms with Crippen molar-refractivity contribution in [2.75, 3.05) is 7.11 Å². The first-order valence-corrected chi connectivity index (χ1v) is 4.38. The highest BCUT2D eigenvalue weighted by molar-refractivity contribution is 6.68. The molecule has 6 heteroatoms. The van der Waals surface area contributed by atoms with Crippen molar-refractivity contribution in [3.05, 3.63) is 23.0 Å². The van der Waals surface area contributed by atoms with Crippen molar-refractivity contribution in [1.82, 2.24) is 4.98 Å². The van der Waals surface area contributed by atoms with Gasteiger partial charge in [0.2, 0.25) is 0 Å². The predicted octanol–water partition coefficient (Wildman–Crippen LogP) is 2.72. The molecule has 0 N–H and O–H groups in total. The van der Waals surface area contributed by atoms with Crippen LogP contribution in [0.15, 0.2) is 6.20 Å². The molecule has 1 heterocycles. The average molecular weight is 236 g/mol. The Balaban J connectivity index is 3.42. The number of ether oxygens (including phenoxy) is 1. The monoisotopic (exact) mass is 235 g/mol. The molecule has 0 fully saturated rings. The molecule has 0 amide bonds. The number of carbonyl (C=O) groups excluding carboxylic acids is 1. The molecule has 0 unspecified atom stereocenters. The molecule has 1 rings (SSSR count). The number of alkyl halides is 2. The van der Waals surface area contributed by atoms with Crippen molar-refractivity contribution in [3.8, 4) is 5.75 Å². The topological polar surface area (TPSA) is 39.2 Å². The maximum absolute atomic E-state index is 12.4. The Kier molecular flexibility index (Phi) is 3.57. The van der Waals surface area contributed by atoms with Crippen molar-refractivity contribution < 1.29 is 18.3 Å². The van der Waals surface area contributed by atoms with Crippen LogP contribution in [0.3, 0.4) is 0 Å². The molecule has 0 saturated carbocycles. The zero-order chi connectivity index (χ0) is 11.6. The third-order valence-corrected chi connectivity index (χ3v) is 2.14. The SMILES string of the molecule is COc1cnc(C(F)F)c(C)c1C(=O)Cl. The van der Waals surface area contributed by atoms with E-state index in [4.69, 9.17) is 16.3 Å². The van der Waals surface area contributed by atoms with Crippen LogP contribution in [0, 0.1) is 6.92 Å². The number of carbonyl (C=O) groups is 1. The van der Waals surface area contributed by atoms with E-state index in [1.54, 1.807) is 0 Å². The van der Waals surface area contributed by atoms with Crippen molar-refractivity contribution in [3.63, 3.8) is 0 Å². The molecule has 1 aromatic rings. The first-order valence-electron chi connectivity index (χ1n) is 4.00. The van der Waals surface area contributed by atoms with Gasteiger partial charge in [0.25, 0.3) is 11.7 Å². The van der Waals surface area contributed by atoms with Gasteiger partial charge in [-0.3, -0.25) is 9.78 Å². The normalized spacial score (nSPS) is 10.5. The maximum Gasteiger partial charge on any atom is 0.280 e. The van der Waals surface area contributed by atoms with Crippen LogP contribution < -0.4 is 4.74 Å². The molecule has 3 nitrogen and oxygen atoms in total. The smallest absolute Gasteiger partial charge is 0.280 e. The first-order chi connectivity index (χ1) is 6.99. The highest BCUT2D eigenvalue weighted by Crippen LogP contribution is 2.29. The number of aromatic nitrogens is 1. The van der Waals surface area contributed by atoms with Crippen LogP contribution in [0.5, 0.6) is 5.75 Å². The average Bonchev–Trinajstić information content (AvgIpc) is 2.15. The van der Waals surface area contributed by atoms with Crippen LogP contribution in [0.4, 0.5) is 8.78 Å². The van der Waals surface area contributed by atoms with Crippen molar-refractivity contribution in [1.29, 1.82) is 0 Å². The lowest BCUT2D eigenvalue weighted by atomic mass is 10.1. The van der Waals surface area contributed by atoms with Crippen molar-refractivity contribution in [2.45, 2.75) is 13.3 Å². The van der Waals surface area contributed by atoms with Gasteiger partial charge in [-0.1, -0.05) is 0 Å². The van der Waals surface area contributed by atoms with Crippen LogP contribution in [-0.4, -0.2) is 17.3 Å². The van der Waals surface area contributed by atoms with Crippen LogP contribution in [0.1, 0.15) is 28.0 Å². The lowest BCUT2D eigenvalue weighted by Crippen LogP contribution is -2.05. The molecule has 0 aromatic carbocycles. The van der Waals surface area contributed by atoms with Crippen LogP contribution >= 0.6 is 11.6 Å². The Morgan fingerprint density at radius 2 is 2.20 bits per heavy atom. The van der Waals surface area contributed by atoms with Gasteiger partial charge in [0.05, 0.1) is 18.9 Å². The highest BCUT2D eigenvalue weighted by Gasteiger charge is 2.21. The summed E-state index contributed by atoms with van der Waals surface area (Å²) in [6.07, 6.45) is -1.69. The Morgan fingerprint density at radius 1 is 1.60 bits per heavy atom. The fourth-order valence-electron chi connectivity index (χ4n) is 1.22. The summed E-state index contributed by atoms with van der Waals surface area (Å²) < 4.78 is 29.7. The van der Waals surface area contributed by atoms with Gasteiger partial charge in [0, 0.05) is 0 Å². The Morgan fingerprint density at radius 3 is 2.60 bits per heavy atom. The lowest BCUT2D eigenvalue weighted by molar-refractivity contribution is 0.107. The molecule has 0 bridgehead atoms. The number of pyridine rings is 1. The van der Waals surface area contributed by atoms with E-state index in [1.807, 2.05) is 0 Å². The Bertz CT molecular complexity index is 396. The quantitative estimate of drug-likeness (QED) is 0.756. The first kappa shape index (κ1) is 11.8. The molecule has 0 saturated heterocycles. The maximum atomic E-state index is 12.4. The van der Waals surface area contributed by atoms with Gasteiger partial charge in [0.15, 0.2) is 0 Å². The van der Waals surface area contributed by atoms with Gasteiger partial charge in [-0.15, -0.1) is 0 Å². The minimum absolute atomic E-state index is 0.0457. The minimum atomic E-state index is -2.74. The zero-order valence-corrected chi connectivity index (χ0v) is 8.81. The second-order valence-corrected chi connectivity index (χ2v) is 3.13. The molecule has 82 valence electrons. The lowest BCUT2D eigenvalue weighted by Gasteiger charge is -2.10. The predicted molar refractivity (Wildman–Crippen MR) is 50.7 cm³/mol. The highest BCUT2D eigenvalue weighted by atomic mass is 35.5. The number of halogens is 3. The van der Waals surface area contributed by atoms with Gasteiger partial charge < -0.3 is 4.74 Å². The molecule has 0 spiro atoms. The molecule has 0 aliphatic carbocycles. The van der Waals surface area contributed by atoms with Crippen molar-refractivity contribution >= 4 is 16.8 Å². The second-order valence-electron chi connectivity index (χ2n) is 2.79. The fourth-order valence-corrected chi connectivity index (χ4v) is 1.46. The summed E-state index contributed by atoms with van der Waals surface area (Å²) in [4.78, 5) is 14.5. The summed E-state index contributed by atoms with van der Waals surface area (Å²) in [6, 6.07) is 0. The van der Waals surface area contributed by atoms with E-state index < -0.39 is 17.4 Å². The molecule has 0 aliphatic rings. The number of hydrogen-bond donors (Lipinski definition) is 0. The van der Waals surface area contributed by atoms with Gasteiger partial charge in [-0.05, 0) is 24.1 Å². The van der Waals surface area contributed by atoms with Gasteiger partial charge >= 0.3 is 0 Å². The Hall–Kier alpha value is -1.23. The van der Waals surface area contributed by atoms with Crippen LogP contribution in [0.25, 0.3) is 0 Å². The van der Waals surface area contributed by atoms with Crippen molar-refractivity contribution in [2.24, 2.45) is 0 Å². The van der Waals surface area contributed by atoms with Gasteiger partial charge in [-0.2, -0.15) is 0 Å². The van der Waals surface area contributed by atoms with E-state index >= 15 is 0 Å². The van der Waals surface area contributed by atoms with E-state index in [9.17, 15) is 13.6 Å². The number of hydrogen-bond acceptors (Lipinski definition) is 3. The summed E-state index contributed by atoms with van der Waals surface area (Å²) in [5.41, 5.74) is -0.478. The summed E-state index contributed by atoms with van der Waals surface area (Å²) in [6.45, 7) is 1.35. The van der Waals surface area contributed by atoms with E-state index in [1.165, 1.54) is 14.0 Å². The molecule has 0 radical (unpaired) electrons. The molecular weight excluding hydrogens is 228 g/mol. The third kappa shape index (κ3) is 2.23. The summed E-state index contributed by atoms with van der Waals surface area (Å²) >= 11 is 5.28. The zero-order valence-electron chi connectivity index (χ0n) is 8.05. The summed E-state index contributed by atoms with van der Waals surface area (Å²) in [5.74, 6) is 0.0944. The largest absolute Gasteiger partial charge is 0.494 e. The van der Waals surface area contributed by atoms with Gasteiger partial charge in [0.1, 0.15) is 11.4 Å². The molecular formula is C9H8ClF2NO2. The standard InChI is InChI=1S/C9H8ClF2NO2/c1-4-6(8(10)14)5(15-2)3-13-7(4)9(11)12/h3,9H,1-2H3. The molecule has 1 aromatic heterocycles. The van der Waals surface area contributed by atoms with E-state index in [-0.39, 0.29) is 16.9 Å². The second kappa shape index (κ2) is 4.53. The molecule has 15 heavy (non-hydrogen) atoms. The summed E-state index contributed by atoms with van der Waals surface area (Å²) in [5, 5.41) is -0.839. The van der Waals surface area contributed by atoms with Gasteiger partial charge in [-0.25, -0.2) is 8.78 Å². The van der Waals surface area contributed by atoms with E-state index in [2.05, 4.69) is 4.98 Å². The number of methoxy groups -OCH3 is 1. The minimum Gasteiger partial charge on any atom is -0.494 e. The fraction of sp³-hybridized carbons (Fsp3) is 0.333. The third-order valence-electron chi connectivity index (χ3n) is 1.95. The van der Waals surface area contributed by atoms with Crippen LogP contribution in [-0.2, 0) is 0 Å². The molecule has 0 atom stereocenters.